The number of rotatable bonds is 3. The molecule has 0 saturated heterocycles. The lowest BCUT2D eigenvalue weighted by atomic mass is 10.1. The number of hydrogen-bond donors (Lipinski definition) is 1. The van der Waals surface area contributed by atoms with Gasteiger partial charge in [0, 0.05) is 5.92 Å². The number of aromatic nitrogens is 5. The lowest BCUT2D eigenvalue weighted by Crippen LogP contribution is -2.20. The Morgan fingerprint density at radius 2 is 1.79 bits per heavy atom. The summed E-state index contributed by atoms with van der Waals surface area (Å²) < 4.78 is 47.4. The Bertz CT molecular complexity index is 1250. The van der Waals surface area contributed by atoms with Gasteiger partial charge in [-0.3, -0.25) is 9.89 Å². The van der Waals surface area contributed by atoms with Crippen LogP contribution in [0.4, 0.5) is 13.2 Å². The van der Waals surface area contributed by atoms with Gasteiger partial charge in [0.15, 0.2) is 5.65 Å². The molecule has 0 aliphatic carbocycles. The van der Waals surface area contributed by atoms with Gasteiger partial charge in [0.05, 0.1) is 11.3 Å². The van der Waals surface area contributed by atoms with Crippen LogP contribution < -0.4 is 5.56 Å². The monoisotopic (exact) mass is 403 g/mol. The first-order valence-electron chi connectivity index (χ1n) is 8.80. The van der Waals surface area contributed by atoms with Gasteiger partial charge < -0.3 is 4.42 Å². The van der Waals surface area contributed by atoms with Crippen molar-refractivity contribution in [3.05, 3.63) is 58.0 Å². The van der Waals surface area contributed by atoms with Gasteiger partial charge in [-0.1, -0.05) is 44.2 Å². The molecule has 0 radical (unpaired) electrons. The van der Waals surface area contributed by atoms with E-state index in [-0.39, 0.29) is 39.8 Å². The Morgan fingerprint density at radius 3 is 2.38 bits per heavy atom. The first kappa shape index (κ1) is 18.9. The van der Waals surface area contributed by atoms with E-state index in [0.717, 1.165) is 4.52 Å². The van der Waals surface area contributed by atoms with Crippen LogP contribution in [0.3, 0.4) is 0 Å². The minimum atomic E-state index is -4.71. The van der Waals surface area contributed by atoms with Crippen LogP contribution in [0.25, 0.3) is 28.2 Å². The van der Waals surface area contributed by atoms with E-state index in [1.807, 2.05) is 13.8 Å². The highest BCUT2D eigenvalue weighted by atomic mass is 19.4. The number of fused-ring (bicyclic) bond motifs is 1. The fraction of sp³-hybridized carbons (Fsp3) is 0.263. The highest BCUT2D eigenvalue weighted by Crippen LogP contribution is 2.38. The van der Waals surface area contributed by atoms with Crippen LogP contribution in [0.15, 0.2) is 39.5 Å². The molecule has 0 aliphatic rings. The first-order chi connectivity index (χ1) is 13.7. The molecule has 0 atom stereocenters. The standard InChI is InChI=1S/C19H16F3N5O2/c1-9(2)16-24-25-17(29-16)12-10(3)23-15-13(11-7-5-4-6-8-11)14(19(20,21)22)26-27(15)18(12)28/h4-9,26H,1-3H3. The highest BCUT2D eigenvalue weighted by Gasteiger charge is 2.38. The summed E-state index contributed by atoms with van der Waals surface area (Å²) in [5.41, 5.74) is -1.69. The maximum Gasteiger partial charge on any atom is 0.433 e. The number of aromatic amines is 1. The van der Waals surface area contributed by atoms with Crippen molar-refractivity contribution < 1.29 is 17.6 Å². The number of benzene rings is 1. The van der Waals surface area contributed by atoms with Gasteiger partial charge in [0.1, 0.15) is 11.3 Å². The van der Waals surface area contributed by atoms with Crippen LogP contribution in [0.5, 0.6) is 0 Å². The minimum Gasteiger partial charge on any atom is -0.420 e. The molecule has 3 aromatic heterocycles. The minimum absolute atomic E-state index is 0.0449. The van der Waals surface area contributed by atoms with Crippen LogP contribution in [0.1, 0.15) is 37.0 Å². The van der Waals surface area contributed by atoms with E-state index >= 15 is 0 Å². The predicted molar refractivity (Wildman–Crippen MR) is 98.4 cm³/mol. The van der Waals surface area contributed by atoms with Crippen LogP contribution in [0, 0.1) is 6.92 Å². The Hall–Kier alpha value is -3.43. The average Bonchev–Trinajstić information content (AvgIpc) is 3.27. The lowest BCUT2D eigenvalue weighted by molar-refractivity contribution is -0.140. The molecule has 0 bridgehead atoms. The topological polar surface area (TPSA) is 89.1 Å². The molecule has 0 saturated carbocycles. The smallest absolute Gasteiger partial charge is 0.420 e. The van der Waals surface area contributed by atoms with Gasteiger partial charge in [0.2, 0.25) is 5.89 Å². The van der Waals surface area contributed by atoms with Crippen molar-refractivity contribution in [2.45, 2.75) is 32.9 Å². The molecule has 150 valence electrons. The lowest BCUT2D eigenvalue weighted by Gasteiger charge is -2.07. The molecule has 0 unspecified atom stereocenters. The fourth-order valence-corrected chi connectivity index (χ4v) is 3.08. The molecule has 0 spiro atoms. The second-order valence-electron chi connectivity index (χ2n) is 6.86. The molecular weight excluding hydrogens is 387 g/mol. The van der Waals surface area contributed by atoms with Crippen LogP contribution in [0.2, 0.25) is 0 Å². The normalized spacial score (nSPS) is 12.2. The Balaban J connectivity index is 2.04. The van der Waals surface area contributed by atoms with Gasteiger partial charge in [0.25, 0.3) is 11.4 Å². The number of alkyl halides is 3. The second kappa shape index (κ2) is 6.57. The van der Waals surface area contributed by atoms with Gasteiger partial charge in [-0.2, -0.15) is 17.7 Å². The summed E-state index contributed by atoms with van der Waals surface area (Å²) in [5.74, 6) is 0.168. The van der Waals surface area contributed by atoms with Gasteiger partial charge in [-0.15, -0.1) is 10.2 Å². The third-order valence-electron chi connectivity index (χ3n) is 4.46. The van der Waals surface area contributed by atoms with Gasteiger partial charge >= 0.3 is 6.18 Å². The molecule has 4 rings (SSSR count). The summed E-state index contributed by atoms with van der Waals surface area (Å²) in [7, 11) is 0. The van der Waals surface area contributed by atoms with Crippen molar-refractivity contribution in [1.82, 2.24) is 24.8 Å². The average molecular weight is 403 g/mol. The molecule has 7 nitrogen and oxygen atoms in total. The zero-order valence-electron chi connectivity index (χ0n) is 15.7. The van der Waals surface area contributed by atoms with E-state index in [9.17, 15) is 18.0 Å². The van der Waals surface area contributed by atoms with Crippen LogP contribution in [-0.2, 0) is 6.18 Å². The summed E-state index contributed by atoms with van der Waals surface area (Å²) in [6.07, 6.45) is -4.71. The van der Waals surface area contributed by atoms with Crippen molar-refractivity contribution in [3.63, 3.8) is 0 Å². The number of nitrogens with zero attached hydrogens (tertiary/aromatic N) is 4. The predicted octanol–water partition coefficient (Wildman–Crippen LogP) is 4.19. The third-order valence-corrected chi connectivity index (χ3v) is 4.46. The maximum absolute atomic E-state index is 13.7. The Kier molecular flexibility index (Phi) is 4.29. The number of halogens is 3. The molecule has 1 N–H and O–H groups in total. The molecule has 4 aromatic rings. The Labute approximate surface area is 162 Å². The number of H-pyrrole nitrogens is 1. The zero-order valence-corrected chi connectivity index (χ0v) is 15.7. The third kappa shape index (κ3) is 3.10. The molecule has 10 heteroatoms. The maximum atomic E-state index is 13.7. The van der Waals surface area contributed by atoms with Crippen molar-refractivity contribution in [1.29, 1.82) is 0 Å². The van der Waals surface area contributed by atoms with Crippen molar-refractivity contribution in [2.75, 3.05) is 0 Å². The molecule has 0 aliphatic heterocycles. The summed E-state index contributed by atoms with van der Waals surface area (Å²) in [6.45, 7) is 5.20. The van der Waals surface area contributed by atoms with E-state index < -0.39 is 17.4 Å². The SMILES string of the molecule is Cc1nc2c(-c3ccccc3)c(C(F)(F)F)[nH]n2c(=O)c1-c1nnc(C(C)C)o1. The van der Waals surface area contributed by atoms with E-state index in [2.05, 4.69) is 20.3 Å². The molecule has 3 heterocycles. The second-order valence-corrected chi connectivity index (χ2v) is 6.86. The highest BCUT2D eigenvalue weighted by molar-refractivity contribution is 5.81. The van der Waals surface area contributed by atoms with E-state index in [1.54, 1.807) is 18.2 Å². The molecule has 29 heavy (non-hydrogen) atoms. The summed E-state index contributed by atoms with van der Waals surface area (Å²) in [5, 5.41) is 9.91. The molecule has 1 aromatic carbocycles. The van der Waals surface area contributed by atoms with Crippen molar-refractivity contribution >= 4 is 5.65 Å². The van der Waals surface area contributed by atoms with Crippen LogP contribution in [-0.4, -0.2) is 24.8 Å². The molecule has 0 amide bonds. The largest absolute Gasteiger partial charge is 0.433 e. The Morgan fingerprint density at radius 1 is 1.10 bits per heavy atom. The first-order valence-corrected chi connectivity index (χ1v) is 8.80. The molecule has 0 fully saturated rings. The van der Waals surface area contributed by atoms with Gasteiger partial charge in [-0.05, 0) is 12.5 Å². The number of nitrogens with one attached hydrogen (secondary N) is 1. The molecular formula is C19H16F3N5O2. The number of aryl methyl sites for hydroxylation is 1. The van der Waals surface area contributed by atoms with E-state index in [4.69, 9.17) is 4.42 Å². The van der Waals surface area contributed by atoms with Crippen molar-refractivity contribution in [3.8, 4) is 22.6 Å². The van der Waals surface area contributed by atoms with Crippen molar-refractivity contribution in [2.24, 2.45) is 0 Å². The van der Waals surface area contributed by atoms with E-state index in [1.165, 1.54) is 19.1 Å². The summed E-state index contributed by atoms with van der Waals surface area (Å²) in [4.78, 5) is 17.3. The quantitative estimate of drug-likeness (QED) is 0.554. The summed E-state index contributed by atoms with van der Waals surface area (Å²) in [6, 6.07) is 7.98. The fourth-order valence-electron chi connectivity index (χ4n) is 3.08. The van der Waals surface area contributed by atoms with E-state index in [0.29, 0.717) is 5.89 Å². The zero-order chi connectivity index (χ0) is 20.9. The summed E-state index contributed by atoms with van der Waals surface area (Å²) >= 11 is 0. The van der Waals surface area contributed by atoms with Gasteiger partial charge in [-0.25, -0.2) is 4.98 Å². The number of hydrogen-bond acceptors (Lipinski definition) is 5. The van der Waals surface area contributed by atoms with Crippen LogP contribution >= 0.6 is 0 Å².